The van der Waals surface area contributed by atoms with Crippen LogP contribution in [-0.4, -0.2) is 52.8 Å². The fourth-order valence-electron chi connectivity index (χ4n) is 4.50. The molecule has 4 heterocycles. The number of aromatic amines is 1. The highest BCUT2D eigenvalue weighted by Crippen LogP contribution is 2.34. The normalized spacial score (nSPS) is 16.7. The first-order valence-corrected chi connectivity index (χ1v) is 13.0. The molecule has 0 bridgehead atoms. The molecule has 10 heteroatoms. The molecule has 0 spiro atoms. The Hall–Kier alpha value is -3.24. The van der Waals surface area contributed by atoms with Gasteiger partial charge >= 0.3 is 0 Å². The highest BCUT2D eigenvalue weighted by Gasteiger charge is 2.24. The number of hydrogen-bond donors (Lipinski definition) is 2. The van der Waals surface area contributed by atoms with Crippen LogP contribution in [0.1, 0.15) is 39.7 Å². The molecule has 178 valence electrons. The van der Waals surface area contributed by atoms with Gasteiger partial charge in [-0.15, -0.1) is 0 Å². The third-order valence-corrected chi connectivity index (χ3v) is 7.87. The molecule has 4 aromatic rings. The summed E-state index contributed by atoms with van der Waals surface area (Å²) in [5.41, 5.74) is 5.46. The second-order valence-electron chi connectivity index (χ2n) is 9.07. The van der Waals surface area contributed by atoms with Gasteiger partial charge in [0, 0.05) is 53.4 Å². The Kier molecular flexibility index (Phi) is 5.65. The number of nitrogens with zero attached hydrogens (tertiary/aromatic N) is 5. The minimum atomic E-state index is -3.63. The minimum Gasteiger partial charge on any atom is -0.369 e. The van der Waals surface area contributed by atoms with E-state index < -0.39 is 10.0 Å². The first-order valence-electron chi connectivity index (χ1n) is 11.5. The number of rotatable bonds is 6. The third kappa shape index (κ3) is 3.97. The van der Waals surface area contributed by atoms with Crippen LogP contribution in [0.3, 0.4) is 0 Å². The molecule has 0 radical (unpaired) electrons. The average molecular weight is 480 g/mol. The summed E-state index contributed by atoms with van der Waals surface area (Å²) in [4.78, 5) is 15.1. The summed E-state index contributed by atoms with van der Waals surface area (Å²) < 4.78 is 29.8. The van der Waals surface area contributed by atoms with Crippen LogP contribution in [0.4, 0.5) is 5.69 Å². The first-order chi connectivity index (χ1) is 16.3. The van der Waals surface area contributed by atoms with Crippen LogP contribution in [0.5, 0.6) is 0 Å². The number of fused-ring (bicyclic) bond motifs is 1. The Morgan fingerprint density at radius 2 is 2.00 bits per heavy atom. The molecule has 1 fully saturated rings. The summed E-state index contributed by atoms with van der Waals surface area (Å²) in [6.07, 6.45) is 9.55. The molecule has 5 rings (SSSR count). The van der Waals surface area contributed by atoms with Gasteiger partial charge < -0.3 is 9.88 Å². The molecule has 1 aromatic carbocycles. The monoisotopic (exact) mass is 479 g/mol. The van der Waals surface area contributed by atoms with Crippen LogP contribution in [0, 0.1) is 0 Å². The Labute approximate surface area is 199 Å². The van der Waals surface area contributed by atoms with Crippen molar-refractivity contribution in [2.75, 3.05) is 18.5 Å². The van der Waals surface area contributed by atoms with E-state index in [0.29, 0.717) is 22.9 Å². The molecule has 0 aliphatic carbocycles. The third-order valence-electron chi connectivity index (χ3n) is 6.47. The molecule has 0 amide bonds. The summed E-state index contributed by atoms with van der Waals surface area (Å²) in [7, 11) is -2.20. The Bertz CT molecular complexity index is 1460. The number of anilines is 1. The zero-order valence-electron chi connectivity index (χ0n) is 19.8. The molecule has 9 nitrogen and oxygen atoms in total. The number of H-pyrrole nitrogens is 1. The van der Waals surface area contributed by atoms with Crippen LogP contribution in [-0.2, 0) is 10.0 Å². The second-order valence-corrected chi connectivity index (χ2v) is 11.0. The lowest BCUT2D eigenvalue weighted by Crippen LogP contribution is -2.27. The molecule has 34 heavy (non-hydrogen) atoms. The van der Waals surface area contributed by atoms with Gasteiger partial charge in [0.25, 0.3) is 0 Å². The quantitative estimate of drug-likeness (QED) is 0.433. The summed E-state index contributed by atoms with van der Waals surface area (Å²) in [5, 5.41) is 4.45. The van der Waals surface area contributed by atoms with Gasteiger partial charge in [-0.05, 0) is 58.9 Å². The molecular formula is C24H29N7O2S. The van der Waals surface area contributed by atoms with Gasteiger partial charge in [0.15, 0.2) is 5.65 Å². The summed E-state index contributed by atoms with van der Waals surface area (Å²) in [6, 6.07) is 6.02. The fraction of sp³-hybridized carbons (Fsp3) is 0.375. The Morgan fingerprint density at radius 1 is 1.18 bits per heavy atom. The molecule has 3 aromatic heterocycles. The maximum absolute atomic E-state index is 12.7. The maximum atomic E-state index is 12.7. The van der Waals surface area contributed by atoms with Gasteiger partial charge in [-0.25, -0.2) is 23.1 Å². The largest absolute Gasteiger partial charge is 0.369 e. The van der Waals surface area contributed by atoms with Crippen molar-refractivity contribution >= 4 is 26.9 Å². The van der Waals surface area contributed by atoms with Crippen molar-refractivity contribution in [3.63, 3.8) is 0 Å². The van der Waals surface area contributed by atoms with Gasteiger partial charge in [-0.3, -0.25) is 4.68 Å². The minimum absolute atomic E-state index is 0.219. The highest BCUT2D eigenvalue weighted by molar-refractivity contribution is 7.89. The molecule has 0 saturated carbocycles. The summed E-state index contributed by atoms with van der Waals surface area (Å²) >= 11 is 0. The molecule has 0 unspecified atom stereocenters. The Balaban J connectivity index is 1.64. The van der Waals surface area contributed by atoms with Crippen molar-refractivity contribution in [2.45, 2.75) is 50.6 Å². The molecule has 2 N–H and O–H groups in total. The lowest BCUT2D eigenvalue weighted by atomic mass is 10.1. The van der Waals surface area contributed by atoms with E-state index in [9.17, 15) is 8.42 Å². The number of nitrogens with one attached hydrogen (secondary N) is 2. The molecule has 1 aliphatic heterocycles. The van der Waals surface area contributed by atoms with Crippen molar-refractivity contribution in [3.05, 3.63) is 43.0 Å². The number of aromatic nitrogens is 5. The van der Waals surface area contributed by atoms with E-state index in [1.807, 2.05) is 29.3 Å². The van der Waals surface area contributed by atoms with E-state index in [2.05, 4.69) is 45.5 Å². The highest BCUT2D eigenvalue weighted by atomic mass is 32.2. The zero-order valence-corrected chi connectivity index (χ0v) is 20.6. The maximum Gasteiger partial charge on any atom is 0.240 e. The van der Waals surface area contributed by atoms with Gasteiger partial charge in [-0.2, -0.15) is 5.10 Å². The number of sulfonamides is 1. The topological polar surface area (TPSA) is 109 Å². The smallest absolute Gasteiger partial charge is 0.240 e. The van der Waals surface area contributed by atoms with Crippen molar-refractivity contribution in [3.8, 4) is 22.4 Å². The molecule has 1 saturated heterocycles. The van der Waals surface area contributed by atoms with Crippen LogP contribution in [0.2, 0.25) is 0 Å². The van der Waals surface area contributed by atoms with Crippen LogP contribution in [0.15, 0.2) is 47.9 Å². The standard InChI is InChI=1S/C24H29N7O2S/c1-15(2)31-14-18(11-28-31)21-12-26-24-23(21)29-22(13-27-24)17-8-19(30-7-5-6-16(30)3)10-20(9-17)34(32,33)25-4/h8-16,25H,5-7H2,1-4H3,(H,26,27)/t16-/m1/s1. The van der Waals surface area contributed by atoms with Crippen molar-refractivity contribution in [1.82, 2.24) is 29.5 Å². The lowest BCUT2D eigenvalue weighted by molar-refractivity contribution is 0.532. The zero-order chi connectivity index (χ0) is 24.0. The fourth-order valence-corrected chi connectivity index (χ4v) is 5.29. The molecule has 1 aliphatic rings. The van der Waals surface area contributed by atoms with E-state index in [0.717, 1.165) is 41.7 Å². The van der Waals surface area contributed by atoms with Gasteiger partial charge in [-0.1, -0.05) is 0 Å². The van der Waals surface area contributed by atoms with E-state index in [1.165, 1.54) is 7.05 Å². The number of hydrogen-bond acceptors (Lipinski definition) is 6. The van der Waals surface area contributed by atoms with E-state index in [1.54, 1.807) is 18.3 Å². The first kappa shape index (κ1) is 22.5. The average Bonchev–Trinajstić information content (AvgIpc) is 3.57. The van der Waals surface area contributed by atoms with Crippen molar-refractivity contribution in [1.29, 1.82) is 0 Å². The van der Waals surface area contributed by atoms with Crippen LogP contribution >= 0.6 is 0 Å². The molecule has 1 atom stereocenters. The van der Waals surface area contributed by atoms with Crippen LogP contribution < -0.4 is 9.62 Å². The summed E-state index contributed by atoms with van der Waals surface area (Å²) in [6.45, 7) is 7.22. The van der Waals surface area contributed by atoms with Crippen LogP contribution in [0.25, 0.3) is 33.5 Å². The summed E-state index contributed by atoms with van der Waals surface area (Å²) in [5.74, 6) is 0. The van der Waals surface area contributed by atoms with E-state index >= 15 is 0 Å². The van der Waals surface area contributed by atoms with Crippen molar-refractivity contribution < 1.29 is 8.42 Å². The lowest BCUT2D eigenvalue weighted by Gasteiger charge is -2.25. The number of benzene rings is 1. The Morgan fingerprint density at radius 3 is 2.68 bits per heavy atom. The van der Waals surface area contributed by atoms with Crippen molar-refractivity contribution in [2.24, 2.45) is 0 Å². The van der Waals surface area contributed by atoms with Gasteiger partial charge in [0.2, 0.25) is 10.0 Å². The van der Waals surface area contributed by atoms with Gasteiger partial charge in [0.05, 0.1) is 23.0 Å². The predicted molar refractivity (Wildman–Crippen MR) is 133 cm³/mol. The predicted octanol–water partition coefficient (Wildman–Crippen LogP) is 3.97. The van der Waals surface area contributed by atoms with E-state index in [4.69, 9.17) is 4.98 Å². The van der Waals surface area contributed by atoms with Gasteiger partial charge in [0.1, 0.15) is 5.52 Å². The van der Waals surface area contributed by atoms with E-state index in [-0.39, 0.29) is 10.9 Å². The SMILES string of the molecule is CNS(=O)(=O)c1cc(-c2cnc3[nH]cc(-c4cnn(C(C)C)c4)c3n2)cc(N2CCC[C@H]2C)c1. The second kappa shape index (κ2) is 8.52. The molecular weight excluding hydrogens is 450 g/mol.